The van der Waals surface area contributed by atoms with Crippen LogP contribution in [-0.2, 0) is 0 Å². The molecule has 0 rings (SSSR count). The molecule has 1 unspecified atom stereocenters. The summed E-state index contributed by atoms with van der Waals surface area (Å²) in [4.78, 5) is 2.65. The molecule has 0 aliphatic heterocycles. The molecular weight excluding hydrogens is 196 g/mol. The van der Waals surface area contributed by atoms with Crippen LogP contribution in [0.25, 0.3) is 0 Å². The Hall–Kier alpha value is -0.0800. The Balaban J connectivity index is 4.19. The van der Waals surface area contributed by atoms with Gasteiger partial charge in [0.05, 0.1) is 0 Å². The minimum absolute atomic E-state index is 0.713. The molecular formula is C14H32N2. The lowest BCUT2D eigenvalue weighted by Crippen LogP contribution is -2.44. The van der Waals surface area contributed by atoms with Gasteiger partial charge in [0.1, 0.15) is 0 Å². The van der Waals surface area contributed by atoms with Crippen LogP contribution >= 0.6 is 0 Å². The van der Waals surface area contributed by atoms with Crippen molar-refractivity contribution in [2.45, 2.75) is 59.9 Å². The minimum atomic E-state index is 0.713. The Morgan fingerprint density at radius 2 is 1.56 bits per heavy atom. The summed E-state index contributed by atoms with van der Waals surface area (Å²) in [5, 5.41) is 3.48. The van der Waals surface area contributed by atoms with E-state index in [4.69, 9.17) is 0 Å². The van der Waals surface area contributed by atoms with E-state index in [-0.39, 0.29) is 0 Å². The van der Waals surface area contributed by atoms with Crippen LogP contribution < -0.4 is 5.32 Å². The summed E-state index contributed by atoms with van der Waals surface area (Å²) in [5.41, 5.74) is 0. The topological polar surface area (TPSA) is 15.3 Å². The first kappa shape index (κ1) is 15.9. The maximum absolute atomic E-state index is 3.48. The third-order valence-electron chi connectivity index (χ3n) is 3.67. The molecule has 1 atom stereocenters. The van der Waals surface area contributed by atoms with Gasteiger partial charge in [-0.3, -0.25) is 4.90 Å². The Morgan fingerprint density at radius 3 is 1.94 bits per heavy atom. The smallest absolute Gasteiger partial charge is 0.0218 e. The Morgan fingerprint density at radius 1 is 0.938 bits per heavy atom. The van der Waals surface area contributed by atoms with Crippen LogP contribution in [0.5, 0.6) is 0 Å². The van der Waals surface area contributed by atoms with Crippen LogP contribution in [0.15, 0.2) is 0 Å². The normalized spacial score (nSPS) is 13.7. The highest BCUT2D eigenvalue weighted by Crippen LogP contribution is 2.13. The summed E-state index contributed by atoms with van der Waals surface area (Å²) in [6.45, 7) is 16.1. The number of nitrogens with one attached hydrogen (secondary N) is 1. The zero-order valence-corrected chi connectivity index (χ0v) is 12.1. The summed E-state index contributed by atoms with van der Waals surface area (Å²) < 4.78 is 0. The Labute approximate surface area is 103 Å². The van der Waals surface area contributed by atoms with Gasteiger partial charge in [0.15, 0.2) is 0 Å². The largest absolute Gasteiger partial charge is 0.315 e. The van der Waals surface area contributed by atoms with Gasteiger partial charge in [-0.25, -0.2) is 0 Å². The van der Waals surface area contributed by atoms with E-state index in [0.29, 0.717) is 6.04 Å². The molecule has 0 aliphatic carbocycles. The summed E-state index contributed by atoms with van der Waals surface area (Å²) >= 11 is 0. The summed E-state index contributed by atoms with van der Waals surface area (Å²) in [6, 6.07) is 0.713. The lowest BCUT2D eigenvalue weighted by Gasteiger charge is -2.33. The first-order valence-electron chi connectivity index (χ1n) is 7.17. The lowest BCUT2D eigenvalue weighted by molar-refractivity contribution is 0.163. The zero-order valence-electron chi connectivity index (χ0n) is 12.1. The molecule has 2 nitrogen and oxygen atoms in total. The fourth-order valence-corrected chi connectivity index (χ4v) is 2.26. The molecule has 16 heavy (non-hydrogen) atoms. The maximum Gasteiger partial charge on any atom is 0.0218 e. The molecule has 0 amide bonds. The highest BCUT2D eigenvalue weighted by atomic mass is 15.2. The average molecular weight is 228 g/mol. The molecule has 0 saturated carbocycles. The first-order chi connectivity index (χ1) is 7.73. The van der Waals surface area contributed by atoms with Crippen molar-refractivity contribution in [2.24, 2.45) is 5.92 Å². The second kappa shape index (κ2) is 10.1. The second-order valence-corrected chi connectivity index (χ2v) is 4.64. The van der Waals surface area contributed by atoms with Crippen molar-refractivity contribution in [3.05, 3.63) is 0 Å². The van der Waals surface area contributed by atoms with Crippen LogP contribution in [0.1, 0.15) is 53.9 Å². The van der Waals surface area contributed by atoms with E-state index in [1.54, 1.807) is 0 Å². The van der Waals surface area contributed by atoms with Crippen molar-refractivity contribution < 1.29 is 0 Å². The van der Waals surface area contributed by atoms with Crippen molar-refractivity contribution in [1.29, 1.82) is 0 Å². The molecule has 0 radical (unpaired) electrons. The predicted octanol–water partition coefficient (Wildman–Crippen LogP) is 3.13. The van der Waals surface area contributed by atoms with Crippen LogP contribution in [0.4, 0.5) is 0 Å². The van der Waals surface area contributed by atoms with Gasteiger partial charge < -0.3 is 5.32 Å². The summed E-state index contributed by atoms with van der Waals surface area (Å²) in [5.74, 6) is 0.871. The molecule has 0 saturated heterocycles. The van der Waals surface area contributed by atoms with E-state index >= 15 is 0 Å². The number of rotatable bonds is 10. The molecule has 0 aromatic heterocycles. The van der Waals surface area contributed by atoms with Gasteiger partial charge in [-0.2, -0.15) is 0 Å². The fraction of sp³-hybridized carbons (Fsp3) is 1.00. The van der Waals surface area contributed by atoms with Gasteiger partial charge in [0.25, 0.3) is 0 Å². The van der Waals surface area contributed by atoms with Gasteiger partial charge in [0.2, 0.25) is 0 Å². The molecule has 0 aromatic carbocycles. The van der Waals surface area contributed by atoms with E-state index in [1.165, 1.54) is 32.4 Å². The van der Waals surface area contributed by atoms with Gasteiger partial charge in [-0.05, 0) is 25.4 Å². The first-order valence-corrected chi connectivity index (χ1v) is 7.17. The predicted molar refractivity (Wildman–Crippen MR) is 73.9 cm³/mol. The fourth-order valence-electron chi connectivity index (χ4n) is 2.26. The van der Waals surface area contributed by atoms with Gasteiger partial charge in [-0.15, -0.1) is 0 Å². The molecule has 0 spiro atoms. The Bertz CT molecular complexity index is 144. The minimum Gasteiger partial charge on any atom is -0.315 e. The van der Waals surface area contributed by atoms with E-state index < -0.39 is 0 Å². The van der Waals surface area contributed by atoms with Crippen molar-refractivity contribution in [3.8, 4) is 0 Å². The van der Waals surface area contributed by atoms with Crippen LogP contribution in [0.2, 0.25) is 0 Å². The lowest BCUT2D eigenvalue weighted by atomic mass is 10.0. The number of hydrogen-bond donors (Lipinski definition) is 1. The third kappa shape index (κ3) is 5.86. The van der Waals surface area contributed by atoms with Crippen LogP contribution in [0, 0.1) is 5.92 Å². The average Bonchev–Trinajstić information content (AvgIpc) is 2.33. The highest BCUT2D eigenvalue weighted by molar-refractivity contribution is 4.74. The van der Waals surface area contributed by atoms with E-state index in [1.807, 2.05) is 0 Å². The third-order valence-corrected chi connectivity index (χ3v) is 3.67. The molecule has 1 N–H and O–H groups in total. The molecule has 0 fully saturated rings. The second-order valence-electron chi connectivity index (χ2n) is 4.64. The van der Waals surface area contributed by atoms with Crippen molar-refractivity contribution in [3.63, 3.8) is 0 Å². The number of likely N-dealkylation sites (N-methyl/N-ethyl adjacent to an activating group) is 2. The molecule has 98 valence electrons. The van der Waals surface area contributed by atoms with Crippen LogP contribution in [0.3, 0.4) is 0 Å². The Kier molecular flexibility index (Phi) is 10.0. The van der Waals surface area contributed by atoms with Crippen molar-refractivity contribution >= 4 is 0 Å². The van der Waals surface area contributed by atoms with Crippen molar-refractivity contribution in [2.75, 3.05) is 26.2 Å². The summed E-state index contributed by atoms with van der Waals surface area (Å²) in [6.07, 6.45) is 3.87. The molecule has 2 heteroatoms. The molecule has 0 aromatic rings. The quantitative estimate of drug-likeness (QED) is 0.618. The van der Waals surface area contributed by atoms with E-state index in [2.05, 4.69) is 44.8 Å². The van der Waals surface area contributed by atoms with Gasteiger partial charge in [-0.1, -0.05) is 47.5 Å². The number of hydrogen-bond acceptors (Lipinski definition) is 2. The maximum atomic E-state index is 3.48. The SMILES string of the molecule is CCNCC(CC)N(CC)CC(CC)CC. The van der Waals surface area contributed by atoms with E-state index in [9.17, 15) is 0 Å². The van der Waals surface area contributed by atoms with Gasteiger partial charge in [0, 0.05) is 19.1 Å². The van der Waals surface area contributed by atoms with Gasteiger partial charge >= 0.3 is 0 Å². The molecule has 0 heterocycles. The van der Waals surface area contributed by atoms with Crippen LogP contribution in [-0.4, -0.2) is 37.1 Å². The van der Waals surface area contributed by atoms with Crippen molar-refractivity contribution in [1.82, 2.24) is 10.2 Å². The monoisotopic (exact) mass is 228 g/mol. The molecule has 0 aliphatic rings. The van der Waals surface area contributed by atoms with E-state index in [0.717, 1.165) is 19.0 Å². The number of nitrogens with zero attached hydrogens (tertiary/aromatic N) is 1. The highest BCUT2D eigenvalue weighted by Gasteiger charge is 2.17. The zero-order chi connectivity index (χ0) is 12.4. The summed E-state index contributed by atoms with van der Waals surface area (Å²) in [7, 11) is 0. The molecule has 0 bridgehead atoms. The standard InChI is InChI=1S/C14H32N2/c1-6-13(7-2)12-16(10-5)14(8-3)11-15-9-4/h13-15H,6-12H2,1-5H3.